The number of carboxylic acid groups (broad SMARTS) is 1. The smallest absolute Gasteiger partial charge is 0.307 e. The highest BCUT2D eigenvalue weighted by Gasteiger charge is 2.41. The van der Waals surface area contributed by atoms with Crippen LogP contribution in [0.2, 0.25) is 0 Å². The monoisotopic (exact) mass is 356 g/mol. The molecule has 1 aromatic carbocycles. The summed E-state index contributed by atoms with van der Waals surface area (Å²) in [5.41, 5.74) is 1.44. The molecule has 0 aliphatic heterocycles. The Labute approximate surface area is 151 Å². The Morgan fingerprint density at radius 2 is 2.04 bits per heavy atom. The molecule has 0 saturated heterocycles. The first-order valence-electron chi connectivity index (χ1n) is 8.32. The maximum absolute atomic E-state index is 12.3. The lowest BCUT2D eigenvalue weighted by molar-refractivity contribution is -0.151. The number of hydrogen-bond donors (Lipinski definition) is 2. The van der Waals surface area contributed by atoms with Crippen LogP contribution in [0.1, 0.15) is 18.4 Å². The third-order valence-corrected chi connectivity index (χ3v) is 4.48. The summed E-state index contributed by atoms with van der Waals surface area (Å²) >= 11 is 0. The first-order valence-corrected chi connectivity index (χ1v) is 8.32. The summed E-state index contributed by atoms with van der Waals surface area (Å²) in [4.78, 5) is 27.4. The molecule has 0 spiro atoms. The van der Waals surface area contributed by atoms with E-state index in [4.69, 9.17) is 14.6 Å². The number of carbonyl (C=O) groups excluding carboxylic acids is 1. The summed E-state index contributed by atoms with van der Waals surface area (Å²) in [7, 11) is 1.54. The number of nitrogens with one attached hydrogen (secondary N) is 1. The van der Waals surface area contributed by atoms with E-state index in [-0.39, 0.29) is 5.91 Å². The molecule has 136 valence electrons. The van der Waals surface area contributed by atoms with Gasteiger partial charge in [0.2, 0.25) is 5.91 Å². The SMILES string of the molecule is COc1ccc(NC(=O)C2CCC2C(=O)O)cc1OCc1cccnc1. The molecule has 0 radical (unpaired) electrons. The lowest BCUT2D eigenvalue weighted by Gasteiger charge is -2.31. The number of amides is 1. The number of aliphatic carboxylic acids is 1. The van der Waals surface area contributed by atoms with Crippen molar-refractivity contribution in [3.05, 3.63) is 48.3 Å². The van der Waals surface area contributed by atoms with Crippen molar-refractivity contribution < 1.29 is 24.2 Å². The number of hydrogen-bond acceptors (Lipinski definition) is 5. The third kappa shape index (κ3) is 3.93. The second kappa shape index (κ2) is 7.86. The van der Waals surface area contributed by atoms with Crippen molar-refractivity contribution in [3.8, 4) is 11.5 Å². The van der Waals surface area contributed by atoms with Crippen LogP contribution in [-0.4, -0.2) is 29.1 Å². The van der Waals surface area contributed by atoms with E-state index in [1.807, 2.05) is 12.1 Å². The van der Waals surface area contributed by atoms with Gasteiger partial charge in [0, 0.05) is 29.7 Å². The second-order valence-corrected chi connectivity index (χ2v) is 6.13. The van der Waals surface area contributed by atoms with E-state index in [0.29, 0.717) is 36.6 Å². The first-order chi connectivity index (χ1) is 12.6. The summed E-state index contributed by atoms with van der Waals surface area (Å²) in [6.07, 6.45) is 4.52. The Hall–Kier alpha value is -3.09. The van der Waals surface area contributed by atoms with Crippen molar-refractivity contribution in [1.82, 2.24) is 4.98 Å². The van der Waals surface area contributed by atoms with Crippen LogP contribution in [0.15, 0.2) is 42.7 Å². The van der Waals surface area contributed by atoms with Gasteiger partial charge in [0.05, 0.1) is 18.9 Å². The number of benzene rings is 1. The first kappa shape index (κ1) is 17.7. The Bertz CT molecular complexity index is 794. The van der Waals surface area contributed by atoms with Gasteiger partial charge in [-0.15, -0.1) is 0 Å². The Morgan fingerprint density at radius 1 is 1.23 bits per heavy atom. The standard InChI is InChI=1S/C19H20N2O5/c1-25-16-7-4-13(21-18(22)14-5-6-15(14)19(23)24)9-17(16)26-11-12-3-2-8-20-10-12/h2-4,7-10,14-15H,5-6,11H2,1H3,(H,21,22)(H,23,24). The molecule has 2 unspecified atom stereocenters. The molecule has 1 aromatic heterocycles. The van der Waals surface area contributed by atoms with E-state index in [1.54, 1.807) is 30.6 Å². The predicted molar refractivity (Wildman–Crippen MR) is 94.0 cm³/mol. The molecule has 1 amide bonds. The molecule has 2 N–H and O–H groups in total. The Morgan fingerprint density at radius 3 is 2.65 bits per heavy atom. The maximum Gasteiger partial charge on any atom is 0.307 e. The van der Waals surface area contributed by atoms with Gasteiger partial charge in [-0.25, -0.2) is 0 Å². The van der Waals surface area contributed by atoms with Crippen LogP contribution in [0.25, 0.3) is 0 Å². The summed E-state index contributed by atoms with van der Waals surface area (Å²) < 4.78 is 11.1. The lowest BCUT2D eigenvalue weighted by atomic mass is 9.73. The van der Waals surface area contributed by atoms with Gasteiger partial charge in [-0.2, -0.15) is 0 Å². The van der Waals surface area contributed by atoms with Crippen molar-refractivity contribution in [2.75, 3.05) is 12.4 Å². The molecule has 1 saturated carbocycles. The lowest BCUT2D eigenvalue weighted by Crippen LogP contribution is -2.41. The fourth-order valence-corrected chi connectivity index (χ4v) is 2.86. The minimum absolute atomic E-state index is 0.285. The molecular formula is C19H20N2O5. The third-order valence-electron chi connectivity index (χ3n) is 4.48. The largest absolute Gasteiger partial charge is 0.493 e. The second-order valence-electron chi connectivity index (χ2n) is 6.13. The number of ether oxygens (including phenoxy) is 2. The number of carboxylic acids is 1. The molecule has 0 bridgehead atoms. The van der Waals surface area contributed by atoms with Gasteiger partial charge in [-0.3, -0.25) is 14.6 Å². The van der Waals surface area contributed by atoms with Crippen molar-refractivity contribution in [1.29, 1.82) is 0 Å². The van der Waals surface area contributed by atoms with Crippen LogP contribution >= 0.6 is 0 Å². The van der Waals surface area contributed by atoms with E-state index in [1.165, 1.54) is 7.11 Å². The molecule has 7 nitrogen and oxygen atoms in total. The zero-order valence-corrected chi connectivity index (χ0v) is 14.3. The summed E-state index contributed by atoms with van der Waals surface area (Å²) in [6, 6.07) is 8.78. The predicted octanol–water partition coefficient (Wildman–Crippen LogP) is 2.72. The summed E-state index contributed by atoms with van der Waals surface area (Å²) in [5, 5.41) is 11.9. The zero-order valence-electron chi connectivity index (χ0n) is 14.3. The van der Waals surface area contributed by atoms with Crippen molar-refractivity contribution in [2.45, 2.75) is 19.4 Å². The van der Waals surface area contributed by atoms with E-state index in [0.717, 1.165) is 5.56 Å². The van der Waals surface area contributed by atoms with Crippen LogP contribution < -0.4 is 14.8 Å². The highest BCUT2D eigenvalue weighted by Crippen LogP contribution is 2.36. The molecule has 26 heavy (non-hydrogen) atoms. The summed E-state index contributed by atoms with van der Waals surface area (Å²) in [6.45, 7) is 0.311. The minimum Gasteiger partial charge on any atom is -0.493 e. The molecule has 1 heterocycles. The summed E-state index contributed by atoms with van der Waals surface area (Å²) in [5.74, 6) is -1.28. The average molecular weight is 356 g/mol. The number of nitrogens with zero attached hydrogens (tertiary/aromatic N) is 1. The number of rotatable bonds is 7. The molecule has 2 atom stereocenters. The van der Waals surface area contributed by atoms with E-state index in [2.05, 4.69) is 10.3 Å². The van der Waals surface area contributed by atoms with Crippen LogP contribution in [-0.2, 0) is 16.2 Å². The van der Waals surface area contributed by atoms with Gasteiger partial charge in [0.15, 0.2) is 11.5 Å². The molecule has 7 heteroatoms. The maximum atomic E-state index is 12.3. The van der Waals surface area contributed by atoms with Crippen molar-refractivity contribution in [3.63, 3.8) is 0 Å². The molecular weight excluding hydrogens is 336 g/mol. The fraction of sp³-hybridized carbons (Fsp3) is 0.316. The van der Waals surface area contributed by atoms with Gasteiger partial charge < -0.3 is 19.9 Å². The van der Waals surface area contributed by atoms with Crippen LogP contribution in [0, 0.1) is 11.8 Å². The van der Waals surface area contributed by atoms with Gasteiger partial charge in [-0.05, 0) is 31.0 Å². The van der Waals surface area contributed by atoms with Gasteiger partial charge in [0.25, 0.3) is 0 Å². The van der Waals surface area contributed by atoms with E-state index < -0.39 is 17.8 Å². The number of aromatic nitrogens is 1. The molecule has 1 aliphatic rings. The quantitative estimate of drug-likeness (QED) is 0.792. The van der Waals surface area contributed by atoms with Crippen LogP contribution in [0.4, 0.5) is 5.69 Å². The molecule has 3 rings (SSSR count). The van der Waals surface area contributed by atoms with E-state index in [9.17, 15) is 9.59 Å². The number of anilines is 1. The number of carbonyl (C=O) groups is 2. The van der Waals surface area contributed by atoms with Gasteiger partial charge in [0.1, 0.15) is 6.61 Å². The van der Waals surface area contributed by atoms with Crippen LogP contribution in [0.3, 0.4) is 0 Å². The highest BCUT2D eigenvalue weighted by molar-refractivity contribution is 5.96. The van der Waals surface area contributed by atoms with Crippen LogP contribution in [0.5, 0.6) is 11.5 Å². The molecule has 2 aromatic rings. The number of pyridine rings is 1. The van der Waals surface area contributed by atoms with Crippen molar-refractivity contribution >= 4 is 17.6 Å². The molecule has 1 fully saturated rings. The normalized spacial score (nSPS) is 18.5. The molecule has 1 aliphatic carbocycles. The minimum atomic E-state index is -0.924. The topological polar surface area (TPSA) is 97.8 Å². The fourth-order valence-electron chi connectivity index (χ4n) is 2.86. The zero-order chi connectivity index (χ0) is 18.5. The van der Waals surface area contributed by atoms with E-state index >= 15 is 0 Å². The number of methoxy groups -OCH3 is 1. The highest BCUT2D eigenvalue weighted by atomic mass is 16.5. The Balaban J connectivity index is 1.68. The average Bonchev–Trinajstić information content (AvgIpc) is 2.59. The van der Waals surface area contributed by atoms with Crippen molar-refractivity contribution in [2.24, 2.45) is 11.8 Å². The Kier molecular flexibility index (Phi) is 5.36. The van der Waals surface area contributed by atoms with Gasteiger partial charge >= 0.3 is 5.97 Å². The van der Waals surface area contributed by atoms with Gasteiger partial charge in [-0.1, -0.05) is 6.07 Å².